The van der Waals surface area contributed by atoms with E-state index >= 15 is 0 Å². The Morgan fingerprint density at radius 3 is 2.71 bits per heavy atom. The van der Waals surface area contributed by atoms with Gasteiger partial charge >= 0.3 is 6.18 Å². The van der Waals surface area contributed by atoms with Crippen molar-refractivity contribution in [2.45, 2.75) is 18.7 Å². The van der Waals surface area contributed by atoms with E-state index in [-0.39, 0.29) is 29.2 Å². The molecule has 1 aliphatic rings. The average Bonchev–Trinajstić information content (AvgIpc) is 2.79. The fraction of sp³-hybridized carbons (Fsp3) is 0.294. The van der Waals surface area contributed by atoms with E-state index in [1.165, 1.54) is 31.5 Å². The van der Waals surface area contributed by atoms with Gasteiger partial charge in [0.15, 0.2) is 5.78 Å². The fourth-order valence-corrected chi connectivity index (χ4v) is 3.12. The molecule has 7 heteroatoms. The van der Waals surface area contributed by atoms with Crippen LogP contribution < -0.4 is 0 Å². The molecule has 1 N–H and O–H groups in total. The number of fused-ring (bicyclic) bond motifs is 1. The molecule has 126 valence electrons. The first-order valence-corrected chi connectivity index (χ1v) is 7.24. The van der Waals surface area contributed by atoms with Crippen molar-refractivity contribution in [1.29, 1.82) is 0 Å². The maximum absolute atomic E-state index is 13.1. The van der Waals surface area contributed by atoms with Crippen LogP contribution in [0.15, 0.2) is 36.5 Å². The highest BCUT2D eigenvalue weighted by Gasteiger charge is 2.42. The monoisotopic (exact) mass is 337 g/mol. The minimum atomic E-state index is -4.54. The number of ketones is 1. The second-order valence-corrected chi connectivity index (χ2v) is 5.60. The first-order chi connectivity index (χ1) is 11.3. The topological polar surface area (TPSA) is 59.4 Å². The molecule has 0 saturated heterocycles. The summed E-state index contributed by atoms with van der Waals surface area (Å²) in [7, 11) is 1.40. The van der Waals surface area contributed by atoms with Crippen LogP contribution in [0, 0.1) is 5.92 Å². The molecule has 2 unspecified atom stereocenters. The molecule has 24 heavy (non-hydrogen) atoms. The number of alkyl halides is 3. The van der Waals surface area contributed by atoms with Crippen molar-refractivity contribution in [3.05, 3.63) is 58.9 Å². The highest BCUT2D eigenvalue weighted by molar-refractivity contribution is 6.03. The summed E-state index contributed by atoms with van der Waals surface area (Å²) < 4.78 is 44.7. The quantitative estimate of drug-likeness (QED) is 0.930. The number of aromatic nitrogens is 1. The Kier molecular flexibility index (Phi) is 4.04. The number of hydrogen-bond acceptors (Lipinski definition) is 4. The molecule has 0 fully saturated rings. The van der Waals surface area contributed by atoms with Crippen molar-refractivity contribution in [2.75, 3.05) is 7.11 Å². The number of aromatic hydroxyl groups is 1. The van der Waals surface area contributed by atoms with Gasteiger partial charge < -0.3 is 9.84 Å². The summed E-state index contributed by atoms with van der Waals surface area (Å²) in [6, 6.07) is 6.45. The van der Waals surface area contributed by atoms with E-state index in [0.29, 0.717) is 5.56 Å². The molecule has 0 saturated carbocycles. The zero-order valence-corrected chi connectivity index (χ0v) is 12.7. The maximum atomic E-state index is 13.1. The molecular weight excluding hydrogens is 323 g/mol. The Bertz CT molecular complexity index is 789. The molecule has 1 aromatic heterocycles. The number of phenolic OH excluding ortho intramolecular Hbond substituents is 1. The number of Topliss-reactive ketones (excluding diaryl/α,β-unsaturated/α-hetero) is 1. The number of ether oxygens (including phenoxy) is 1. The van der Waals surface area contributed by atoms with Gasteiger partial charge in [0.2, 0.25) is 0 Å². The lowest BCUT2D eigenvalue weighted by Crippen LogP contribution is -2.21. The summed E-state index contributed by atoms with van der Waals surface area (Å²) in [4.78, 5) is 16.4. The van der Waals surface area contributed by atoms with Gasteiger partial charge in [-0.15, -0.1) is 0 Å². The molecule has 4 nitrogen and oxygen atoms in total. The van der Waals surface area contributed by atoms with Gasteiger partial charge in [-0.3, -0.25) is 9.78 Å². The van der Waals surface area contributed by atoms with Gasteiger partial charge in [-0.2, -0.15) is 13.2 Å². The highest BCUT2D eigenvalue weighted by Crippen LogP contribution is 2.42. The summed E-state index contributed by atoms with van der Waals surface area (Å²) in [5.41, 5.74) is -0.208. The Hall–Kier alpha value is -2.41. The van der Waals surface area contributed by atoms with Crippen LogP contribution in [0.2, 0.25) is 0 Å². The van der Waals surface area contributed by atoms with Gasteiger partial charge in [0.1, 0.15) is 5.75 Å². The molecule has 0 aliphatic heterocycles. The number of phenols is 1. The summed E-state index contributed by atoms with van der Waals surface area (Å²) in [6.07, 6.45) is -4.14. The molecule has 1 heterocycles. The van der Waals surface area contributed by atoms with Gasteiger partial charge in [-0.25, -0.2) is 0 Å². The first-order valence-electron chi connectivity index (χ1n) is 7.24. The Morgan fingerprint density at radius 1 is 1.29 bits per heavy atom. The lowest BCUT2D eigenvalue weighted by molar-refractivity contribution is -0.138. The molecule has 0 bridgehead atoms. The number of carbonyl (C=O) groups excluding carboxylic acids is 1. The van der Waals surface area contributed by atoms with Crippen LogP contribution in [0.4, 0.5) is 13.2 Å². The summed E-state index contributed by atoms with van der Waals surface area (Å²) >= 11 is 0. The number of benzene rings is 1. The summed E-state index contributed by atoms with van der Waals surface area (Å²) in [6.45, 7) is 0. The minimum Gasteiger partial charge on any atom is -0.508 e. The van der Waals surface area contributed by atoms with Crippen molar-refractivity contribution in [1.82, 2.24) is 4.98 Å². The molecule has 0 spiro atoms. The number of halogens is 3. The fourth-order valence-electron chi connectivity index (χ4n) is 3.12. The van der Waals surface area contributed by atoms with Crippen LogP contribution in [-0.4, -0.2) is 23.0 Å². The zero-order valence-electron chi connectivity index (χ0n) is 12.7. The molecule has 1 aromatic carbocycles. The molecule has 2 aromatic rings. The van der Waals surface area contributed by atoms with Crippen molar-refractivity contribution in [3.8, 4) is 5.75 Å². The molecular formula is C17H14F3NO3. The molecule has 0 radical (unpaired) electrons. The summed E-state index contributed by atoms with van der Waals surface area (Å²) in [5.74, 6) is -1.25. The van der Waals surface area contributed by atoms with Crippen LogP contribution in [0.5, 0.6) is 5.75 Å². The number of pyridine rings is 1. The zero-order chi connectivity index (χ0) is 17.5. The number of carbonyl (C=O) groups is 1. The van der Waals surface area contributed by atoms with E-state index in [1.54, 1.807) is 6.07 Å². The van der Waals surface area contributed by atoms with E-state index < -0.39 is 23.8 Å². The number of methoxy groups -OCH3 is 1. The number of rotatable bonds is 3. The normalized spacial score (nSPS) is 20.2. The van der Waals surface area contributed by atoms with E-state index in [4.69, 9.17) is 4.74 Å². The Balaban J connectivity index is 1.99. The van der Waals surface area contributed by atoms with E-state index in [1.807, 2.05) is 0 Å². The Morgan fingerprint density at radius 2 is 2.04 bits per heavy atom. The third-order valence-corrected chi connectivity index (χ3v) is 4.17. The first kappa shape index (κ1) is 16.4. The molecule has 2 atom stereocenters. The Labute approximate surface area is 135 Å². The van der Waals surface area contributed by atoms with Gasteiger partial charge in [0.05, 0.1) is 23.3 Å². The second kappa shape index (κ2) is 5.90. The highest BCUT2D eigenvalue weighted by atomic mass is 19.4. The van der Waals surface area contributed by atoms with Crippen LogP contribution >= 0.6 is 0 Å². The van der Waals surface area contributed by atoms with Gasteiger partial charge in [-0.05, 0) is 29.8 Å². The van der Waals surface area contributed by atoms with Crippen molar-refractivity contribution in [2.24, 2.45) is 5.92 Å². The number of nitrogens with zero attached hydrogens (tertiary/aromatic N) is 1. The molecule has 1 aliphatic carbocycles. The van der Waals surface area contributed by atoms with Gasteiger partial charge in [0, 0.05) is 25.3 Å². The van der Waals surface area contributed by atoms with Crippen molar-refractivity contribution >= 4 is 5.78 Å². The second-order valence-electron chi connectivity index (χ2n) is 5.60. The molecule has 3 rings (SSSR count). The SMILES string of the molecule is COC1c2ccc(O)cc2C(=O)C1Cc1ncccc1C(F)(F)F. The predicted molar refractivity (Wildman–Crippen MR) is 78.6 cm³/mol. The van der Waals surface area contributed by atoms with Crippen molar-refractivity contribution < 1.29 is 27.8 Å². The van der Waals surface area contributed by atoms with Crippen LogP contribution in [0.3, 0.4) is 0 Å². The standard InChI is InChI=1S/C17H14F3NO3/c1-24-16-10-5-4-9(22)7-11(10)15(23)12(16)8-14-13(17(18,19)20)3-2-6-21-14/h2-7,12,16,22H,8H2,1H3. The van der Waals surface area contributed by atoms with E-state index in [0.717, 1.165) is 6.07 Å². The maximum Gasteiger partial charge on any atom is 0.418 e. The van der Waals surface area contributed by atoms with Crippen molar-refractivity contribution in [3.63, 3.8) is 0 Å². The predicted octanol–water partition coefficient (Wildman–Crippen LogP) is 3.55. The van der Waals surface area contributed by atoms with Crippen LogP contribution in [0.1, 0.15) is 33.3 Å². The van der Waals surface area contributed by atoms with Crippen LogP contribution in [0.25, 0.3) is 0 Å². The average molecular weight is 337 g/mol. The third kappa shape index (κ3) is 2.75. The van der Waals surface area contributed by atoms with E-state index in [2.05, 4.69) is 4.98 Å². The van der Waals surface area contributed by atoms with Gasteiger partial charge in [0.25, 0.3) is 0 Å². The van der Waals surface area contributed by atoms with E-state index in [9.17, 15) is 23.1 Å². The molecule has 0 amide bonds. The lowest BCUT2D eigenvalue weighted by Gasteiger charge is -2.19. The van der Waals surface area contributed by atoms with Crippen LogP contribution in [-0.2, 0) is 17.3 Å². The minimum absolute atomic E-state index is 0.0774. The number of hydrogen-bond donors (Lipinski definition) is 1. The summed E-state index contributed by atoms with van der Waals surface area (Å²) in [5, 5.41) is 9.55. The van der Waals surface area contributed by atoms with Gasteiger partial charge in [-0.1, -0.05) is 6.07 Å². The smallest absolute Gasteiger partial charge is 0.418 e. The largest absolute Gasteiger partial charge is 0.508 e. The lowest BCUT2D eigenvalue weighted by atomic mass is 9.94. The third-order valence-electron chi connectivity index (χ3n) is 4.17.